The van der Waals surface area contributed by atoms with Gasteiger partial charge in [-0.1, -0.05) is 42.2 Å². The van der Waals surface area contributed by atoms with Crippen LogP contribution in [0.5, 0.6) is 0 Å². The van der Waals surface area contributed by atoms with Gasteiger partial charge in [0.15, 0.2) is 4.34 Å². The normalized spacial score (nSPS) is 11.7. The van der Waals surface area contributed by atoms with Gasteiger partial charge >= 0.3 is 0 Å². The standard InChI is InChI=1S/C17H22BrN5O2S2/c1-4-11(2)19-16-21-22-17(27-16)26-10-15(25)23(3)9-14(24)20-13-8-6-5-7-12(13)18/h5-8,11H,4,9-10H2,1-3H3,(H,19,21)(H,20,24)/t11-/m1/s1. The molecule has 0 bridgehead atoms. The number of nitrogens with one attached hydrogen (secondary N) is 2. The van der Waals surface area contributed by atoms with Crippen molar-refractivity contribution in [2.75, 3.05) is 30.0 Å². The molecular weight excluding hydrogens is 450 g/mol. The molecule has 1 heterocycles. The molecule has 0 aliphatic heterocycles. The Morgan fingerprint density at radius 2 is 2.07 bits per heavy atom. The molecule has 0 unspecified atom stereocenters. The van der Waals surface area contributed by atoms with Crippen molar-refractivity contribution in [3.8, 4) is 0 Å². The van der Waals surface area contributed by atoms with Crippen LogP contribution in [0.3, 0.4) is 0 Å². The van der Waals surface area contributed by atoms with Crippen LogP contribution in [0.2, 0.25) is 0 Å². The second-order valence-corrected chi connectivity index (χ2v) is 8.95. The van der Waals surface area contributed by atoms with E-state index in [9.17, 15) is 9.59 Å². The summed E-state index contributed by atoms with van der Waals surface area (Å²) >= 11 is 6.12. The number of halogens is 1. The quantitative estimate of drug-likeness (QED) is 0.542. The number of aromatic nitrogens is 2. The number of thioether (sulfide) groups is 1. The average molecular weight is 472 g/mol. The van der Waals surface area contributed by atoms with Crippen molar-refractivity contribution in [3.05, 3.63) is 28.7 Å². The lowest BCUT2D eigenvalue weighted by Gasteiger charge is -2.16. The highest BCUT2D eigenvalue weighted by Crippen LogP contribution is 2.26. The number of benzene rings is 1. The second kappa shape index (κ2) is 10.6. The molecule has 2 rings (SSSR count). The number of nitrogens with zero attached hydrogens (tertiary/aromatic N) is 3. The molecule has 1 aromatic heterocycles. The predicted octanol–water partition coefficient (Wildman–Crippen LogP) is 3.70. The Labute approximate surface area is 175 Å². The molecule has 10 heteroatoms. The van der Waals surface area contributed by atoms with Crippen molar-refractivity contribution in [3.63, 3.8) is 0 Å². The highest BCUT2D eigenvalue weighted by molar-refractivity contribution is 9.10. The molecule has 0 radical (unpaired) electrons. The van der Waals surface area contributed by atoms with Crippen molar-refractivity contribution < 1.29 is 9.59 Å². The highest BCUT2D eigenvalue weighted by Gasteiger charge is 2.15. The van der Waals surface area contributed by atoms with Crippen LogP contribution in [0.15, 0.2) is 33.1 Å². The minimum atomic E-state index is -0.251. The molecule has 1 aromatic carbocycles. The summed E-state index contributed by atoms with van der Waals surface area (Å²) in [7, 11) is 1.61. The summed E-state index contributed by atoms with van der Waals surface area (Å²) in [6, 6.07) is 7.65. The highest BCUT2D eigenvalue weighted by atomic mass is 79.9. The van der Waals surface area contributed by atoms with E-state index in [0.717, 1.165) is 20.4 Å². The summed E-state index contributed by atoms with van der Waals surface area (Å²) in [5, 5.41) is 14.9. The summed E-state index contributed by atoms with van der Waals surface area (Å²) in [5.41, 5.74) is 0.674. The lowest BCUT2D eigenvalue weighted by atomic mass is 10.3. The van der Waals surface area contributed by atoms with E-state index in [1.54, 1.807) is 13.1 Å². The van der Waals surface area contributed by atoms with Crippen molar-refractivity contribution in [2.45, 2.75) is 30.6 Å². The first-order valence-electron chi connectivity index (χ1n) is 8.40. The van der Waals surface area contributed by atoms with Gasteiger partial charge in [0.2, 0.25) is 16.9 Å². The summed E-state index contributed by atoms with van der Waals surface area (Å²) in [6.45, 7) is 4.15. The van der Waals surface area contributed by atoms with E-state index in [1.165, 1.54) is 28.0 Å². The molecule has 0 saturated heterocycles. The van der Waals surface area contributed by atoms with E-state index < -0.39 is 0 Å². The molecule has 7 nitrogen and oxygen atoms in total. The van der Waals surface area contributed by atoms with Crippen LogP contribution in [-0.2, 0) is 9.59 Å². The van der Waals surface area contributed by atoms with Gasteiger partial charge < -0.3 is 15.5 Å². The zero-order valence-corrected chi connectivity index (χ0v) is 18.6. The minimum Gasteiger partial charge on any atom is -0.358 e. The van der Waals surface area contributed by atoms with Gasteiger partial charge in [-0.2, -0.15) is 0 Å². The number of likely N-dealkylation sites (N-methyl/N-ethyl adjacent to an activating group) is 1. The third kappa shape index (κ3) is 7.11. The predicted molar refractivity (Wildman–Crippen MR) is 114 cm³/mol. The van der Waals surface area contributed by atoms with Crippen LogP contribution in [0, 0.1) is 0 Å². The smallest absolute Gasteiger partial charge is 0.244 e. The molecule has 1 atom stereocenters. The van der Waals surface area contributed by atoms with E-state index >= 15 is 0 Å². The Kier molecular flexibility index (Phi) is 8.52. The molecular formula is C17H22BrN5O2S2. The maximum absolute atomic E-state index is 12.3. The topological polar surface area (TPSA) is 87.2 Å². The third-order valence-corrected chi connectivity index (χ3v) is 6.33. The molecule has 2 amide bonds. The summed E-state index contributed by atoms with van der Waals surface area (Å²) < 4.78 is 1.51. The number of amides is 2. The van der Waals surface area contributed by atoms with Gasteiger partial charge in [-0.25, -0.2) is 0 Å². The fourth-order valence-electron chi connectivity index (χ4n) is 1.93. The summed E-state index contributed by atoms with van der Waals surface area (Å²) in [5.74, 6) is -0.191. The van der Waals surface area contributed by atoms with Crippen LogP contribution in [0.1, 0.15) is 20.3 Å². The van der Waals surface area contributed by atoms with Gasteiger partial charge in [0.05, 0.1) is 18.0 Å². The van der Waals surface area contributed by atoms with Crippen LogP contribution in [-0.4, -0.2) is 52.3 Å². The first-order valence-corrected chi connectivity index (χ1v) is 11.0. The van der Waals surface area contributed by atoms with Gasteiger partial charge in [-0.3, -0.25) is 9.59 Å². The lowest BCUT2D eigenvalue weighted by molar-refractivity contribution is -0.131. The molecule has 2 aromatic rings. The van der Waals surface area contributed by atoms with E-state index in [2.05, 4.69) is 50.6 Å². The maximum Gasteiger partial charge on any atom is 0.244 e. The van der Waals surface area contributed by atoms with Gasteiger partial charge in [0.25, 0.3) is 0 Å². The Morgan fingerprint density at radius 1 is 1.33 bits per heavy atom. The van der Waals surface area contributed by atoms with E-state index in [-0.39, 0.29) is 24.1 Å². The SMILES string of the molecule is CC[C@@H](C)Nc1nnc(SCC(=O)N(C)CC(=O)Nc2ccccc2Br)s1. The molecule has 0 aliphatic carbocycles. The first-order chi connectivity index (χ1) is 12.9. The zero-order chi connectivity index (χ0) is 19.8. The number of anilines is 2. The van der Waals surface area contributed by atoms with Crippen LogP contribution < -0.4 is 10.6 Å². The van der Waals surface area contributed by atoms with Gasteiger partial charge in [0.1, 0.15) is 0 Å². The fraction of sp³-hybridized carbons (Fsp3) is 0.412. The van der Waals surface area contributed by atoms with E-state index in [1.807, 2.05) is 18.2 Å². The molecule has 0 spiro atoms. The second-order valence-electron chi connectivity index (χ2n) is 5.89. The molecule has 0 aliphatic rings. The summed E-state index contributed by atoms with van der Waals surface area (Å²) in [6.07, 6.45) is 0.993. The molecule has 2 N–H and O–H groups in total. The fourth-order valence-corrected chi connectivity index (χ4v) is 4.12. The van der Waals surface area contributed by atoms with Crippen molar-refractivity contribution >= 4 is 61.7 Å². The number of rotatable bonds is 9. The van der Waals surface area contributed by atoms with E-state index in [4.69, 9.17) is 0 Å². The number of carbonyl (C=O) groups excluding carboxylic acids is 2. The van der Waals surface area contributed by atoms with Gasteiger partial charge in [0, 0.05) is 17.6 Å². The monoisotopic (exact) mass is 471 g/mol. The first kappa shape index (κ1) is 21.6. The van der Waals surface area contributed by atoms with Gasteiger partial charge in [-0.15, -0.1) is 10.2 Å². The third-order valence-electron chi connectivity index (χ3n) is 3.66. The number of hydrogen-bond donors (Lipinski definition) is 2. The Morgan fingerprint density at radius 3 is 2.78 bits per heavy atom. The molecule has 27 heavy (non-hydrogen) atoms. The van der Waals surface area contributed by atoms with Crippen molar-refractivity contribution in [1.29, 1.82) is 0 Å². The Balaban J connectivity index is 1.78. The van der Waals surface area contributed by atoms with Crippen molar-refractivity contribution in [1.82, 2.24) is 15.1 Å². The minimum absolute atomic E-state index is 0.0162. The Bertz CT molecular complexity index is 786. The summed E-state index contributed by atoms with van der Waals surface area (Å²) in [4.78, 5) is 25.8. The lowest BCUT2D eigenvalue weighted by Crippen LogP contribution is -2.36. The molecule has 0 saturated carbocycles. The van der Waals surface area contributed by atoms with Crippen LogP contribution in [0.4, 0.5) is 10.8 Å². The largest absolute Gasteiger partial charge is 0.358 e. The molecule has 0 fully saturated rings. The number of para-hydroxylation sites is 1. The maximum atomic E-state index is 12.3. The van der Waals surface area contributed by atoms with E-state index in [0.29, 0.717) is 11.7 Å². The average Bonchev–Trinajstić information content (AvgIpc) is 3.08. The van der Waals surface area contributed by atoms with Crippen LogP contribution >= 0.6 is 39.0 Å². The zero-order valence-electron chi connectivity index (χ0n) is 15.4. The Hall–Kier alpha value is -1.65. The van der Waals surface area contributed by atoms with Crippen molar-refractivity contribution in [2.24, 2.45) is 0 Å². The number of hydrogen-bond acceptors (Lipinski definition) is 7. The van der Waals surface area contributed by atoms with Crippen LogP contribution in [0.25, 0.3) is 0 Å². The molecule has 146 valence electrons. The number of carbonyl (C=O) groups is 2. The van der Waals surface area contributed by atoms with Gasteiger partial charge in [-0.05, 0) is 41.4 Å².